The predicted octanol–water partition coefficient (Wildman–Crippen LogP) is 2.80. The van der Waals surface area contributed by atoms with Crippen LogP contribution in [-0.4, -0.2) is 29.8 Å². The van der Waals surface area contributed by atoms with E-state index in [0.29, 0.717) is 24.6 Å². The van der Waals surface area contributed by atoms with E-state index in [9.17, 15) is 14.0 Å². The van der Waals surface area contributed by atoms with Crippen molar-refractivity contribution < 1.29 is 14.0 Å². The minimum absolute atomic E-state index is 0.0311. The minimum atomic E-state index is -0.356. The Kier molecular flexibility index (Phi) is 3.39. The summed E-state index contributed by atoms with van der Waals surface area (Å²) in [5, 5.41) is 2.80. The molecule has 4 nitrogen and oxygen atoms in total. The molecule has 2 saturated carbocycles. The lowest BCUT2D eigenvalue weighted by atomic mass is 10.0. The van der Waals surface area contributed by atoms with Gasteiger partial charge in [0.2, 0.25) is 11.8 Å². The van der Waals surface area contributed by atoms with Gasteiger partial charge in [-0.05, 0) is 49.8 Å². The molecular formula is C18H21FN2O2. The first-order chi connectivity index (χ1) is 11.1. The first-order valence-electron chi connectivity index (χ1n) is 8.40. The number of amides is 2. The second kappa shape index (κ2) is 5.32. The van der Waals surface area contributed by atoms with Gasteiger partial charge in [0.1, 0.15) is 5.82 Å². The molecule has 1 spiro atoms. The van der Waals surface area contributed by atoms with Crippen LogP contribution in [0, 0.1) is 23.1 Å². The maximum absolute atomic E-state index is 13.2. The quantitative estimate of drug-likeness (QED) is 0.928. The third-order valence-corrected chi connectivity index (χ3v) is 5.50. The van der Waals surface area contributed by atoms with Crippen molar-refractivity contribution in [2.45, 2.75) is 32.1 Å². The van der Waals surface area contributed by atoms with Gasteiger partial charge in [0, 0.05) is 36.5 Å². The molecule has 5 heteroatoms. The zero-order valence-electron chi connectivity index (χ0n) is 13.1. The predicted molar refractivity (Wildman–Crippen MR) is 84.1 cm³/mol. The van der Waals surface area contributed by atoms with Gasteiger partial charge in [0.25, 0.3) is 0 Å². The number of carbonyl (C=O) groups is 2. The van der Waals surface area contributed by atoms with Crippen molar-refractivity contribution in [2.75, 3.05) is 18.4 Å². The molecule has 0 radical (unpaired) electrons. The highest BCUT2D eigenvalue weighted by Gasteiger charge is 2.61. The fourth-order valence-corrected chi connectivity index (χ4v) is 3.77. The van der Waals surface area contributed by atoms with Crippen molar-refractivity contribution in [1.29, 1.82) is 0 Å². The van der Waals surface area contributed by atoms with Crippen LogP contribution in [0.15, 0.2) is 24.3 Å². The molecule has 0 bridgehead atoms. The summed E-state index contributed by atoms with van der Waals surface area (Å²) < 4.78 is 13.2. The highest BCUT2D eigenvalue weighted by Crippen LogP contribution is 2.59. The summed E-state index contributed by atoms with van der Waals surface area (Å²) in [5.74, 6) is 0.397. The molecule has 1 N–H and O–H groups in total. The summed E-state index contributed by atoms with van der Waals surface area (Å²) in [6, 6.07) is 5.96. The molecule has 2 unspecified atom stereocenters. The van der Waals surface area contributed by atoms with Crippen molar-refractivity contribution in [1.82, 2.24) is 4.90 Å². The van der Waals surface area contributed by atoms with Crippen LogP contribution in [0.5, 0.6) is 0 Å². The lowest BCUT2D eigenvalue weighted by Crippen LogP contribution is -2.30. The zero-order chi connectivity index (χ0) is 16.0. The largest absolute Gasteiger partial charge is 0.342 e. The van der Waals surface area contributed by atoms with Crippen LogP contribution in [0.25, 0.3) is 0 Å². The zero-order valence-corrected chi connectivity index (χ0v) is 13.1. The van der Waals surface area contributed by atoms with Gasteiger partial charge >= 0.3 is 0 Å². The van der Waals surface area contributed by atoms with E-state index in [2.05, 4.69) is 5.32 Å². The molecular weight excluding hydrogens is 295 g/mol. The minimum Gasteiger partial charge on any atom is -0.342 e. The van der Waals surface area contributed by atoms with Gasteiger partial charge in [0.05, 0.1) is 0 Å². The van der Waals surface area contributed by atoms with E-state index in [4.69, 9.17) is 0 Å². The maximum Gasteiger partial charge on any atom is 0.228 e. The van der Waals surface area contributed by atoms with Gasteiger partial charge in [-0.1, -0.05) is 6.07 Å². The van der Waals surface area contributed by atoms with E-state index >= 15 is 0 Å². The van der Waals surface area contributed by atoms with E-state index in [0.717, 1.165) is 19.4 Å². The van der Waals surface area contributed by atoms with Crippen molar-refractivity contribution in [3.05, 3.63) is 30.1 Å². The van der Waals surface area contributed by atoms with E-state index in [1.54, 1.807) is 12.1 Å². The second-order valence-electron chi connectivity index (χ2n) is 7.33. The Morgan fingerprint density at radius 2 is 2.17 bits per heavy atom. The smallest absolute Gasteiger partial charge is 0.228 e. The normalized spacial score (nSPS) is 28.9. The number of carbonyl (C=O) groups excluding carboxylic acids is 2. The summed E-state index contributed by atoms with van der Waals surface area (Å²) >= 11 is 0. The average Bonchev–Trinajstić information content (AvgIpc) is 3.38. The monoisotopic (exact) mass is 316 g/mol. The maximum atomic E-state index is 13.2. The summed E-state index contributed by atoms with van der Waals surface area (Å²) in [5.41, 5.74) is 0.466. The van der Waals surface area contributed by atoms with Crippen molar-refractivity contribution in [3.63, 3.8) is 0 Å². The fraction of sp³-hybridized carbons (Fsp3) is 0.556. The second-order valence-corrected chi connectivity index (χ2v) is 7.33. The molecule has 3 fully saturated rings. The first kappa shape index (κ1) is 14.7. The Balaban J connectivity index is 1.34. The summed E-state index contributed by atoms with van der Waals surface area (Å²) in [6.07, 6.45) is 4.79. The van der Waals surface area contributed by atoms with Crippen LogP contribution >= 0.6 is 0 Å². The summed E-state index contributed by atoms with van der Waals surface area (Å²) in [4.78, 5) is 26.5. The van der Waals surface area contributed by atoms with Gasteiger partial charge in [-0.2, -0.15) is 0 Å². The third kappa shape index (κ3) is 2.96. The van der Waals surface area contributed by atoms with E-state index < -0.39 is 0 Å². The number of hydrogen-bond donors (Lipinski definition) is 1. The van der Waals surface area contributed by atoms with Crippen LogP contribution in [0.2, 0.25) is 0 Å². The average molecular weight is 316 g/mol. The Bertz CT molecular complexity index is 658. The van der Waals surface area contributed by atoms with Crippen LogP contribution in [0.1, 0.15) is 32.1 Å². The molecule has 23 heavy (non-hydrogen) atoms. The summed E-state index contributed by atoms with van der Waals surface area (Å²) in [6.45, 7) is 1.48. The Labute approximate surface area is 135 Å². The molecule has 1 aromatic carbocycles. The molecule has 2 aliphatic carbocycles. The molecule has 0 aromatic heterocycles. The number of benzene rings is 1. The first-order valence-corrected chi connectivity index (χ1v) is 8.40. The van der Waals surface area contributed by atoms with Gasteiger partial charge < -0.3 is 10.2 Å². The topological polar surface area (TPSA) is 49.4 Å². The standard InChI is InChI=1S/C18H21FN2O2/c19-13-2-1-3-14(9-13)20-17(23)15-10-18(15)6-7-21(11-18)16(22)8-12-4-5-12/h1-3,9,12,15H,4-8,10-11H2,(H,20,23). The van der Waals surface area contributed by atoms with Crippen LogP contribution in [-0.2, 0) is 9.59 Å². The van der Waals surface area contributed by atoms with Gasteiger partial charge in [0.15, 0.2) is 0 Å². The van der Waals surface area contributed by atoms with E-state index in [1.807, 2.05) is 4.90 Å². The van der Waals surface area contributed by atoms with Gasteiger partial charge in [-0.25, -0.2) is 4.39 Å². The lowest BCUT2D eigenvalue weighted by Gasteiger charge is -2.16. The van der Waals surface area contributed by atoms with E-state index in [-0.39, 0.29) is 29.0 Å². The van der Waals surface area contributed by atoms with E-state index in [1.165, 1.54) is 25.0 Å². The number of likely N-dealkylation sites (tertiary alicyclic amines) is 1. The fourth-order valence-electron chi connectivity index (χ4n) is 3.77. The van der Waals surface area contributed by atoms with Crippen molar-refractivity contribution >= 4 is 17.5 Å². The third-order valence-electron chi connectivity index (χ3n) is 5.50. The summed E-state index contributed by atoms with van der Waals surface area (Å²) in [7, 11) is 0. The number of rotatable bonds is 4. The molecule has 1 aromatic rings. The van der Waals surface area contributed by atoms with Gasteiger partial charge in [-0.3, -0.25) is 9.59 Å². The molecule has 1 saturated heterocycles. The SMILES string of the molecule is O=C(Nc1cccc(F)c1)C1CC12CCN(C(=O)CC1CC1)C2. The Hall–Kier alpha value is -1.91. The Morgan fingerprint density at radius 3 is 2.91 bits per heavy atom. The van der Waals surface area contributed by atoms with Crippen LogP contribution in [0.3, 0.4) is 0 Å². The number of nitrogens with zero attached hydrogens (tertiary/aromatic N) is 1. The molecule has 3 aliphatic rings. The highest BCUT2D eigenvalue weighted by atomic mass is 19.1. The molecule has 122 valence electrons. The number of halogens is 1. The number of nitrogens with one attached hydrogen (secondary N) is 1. The van der Waals surface area contributed by atoms with Crippen molar-refractivity contribution in [3.8, 4) is 0 Å². The highest BCUT2D eigenvalue weighted by molar-refractivity contribution is 5.95. The Morgan fingerprint density at radius 1 is 1.35 bits per heavy atom. The molecule has 4 rings (SSSR count). The molecule has 1 heterocycles. The van der Waals surface area contributed by atoms with Crippen molar-refractivity contribution in [2.24, 2.45) is 17.3 Å². The number of hydrogen-bond acceptors (Lipinski definition) is 2. The van der Waals surface area contributed by atoms with Crippen LogP contribution < -0.4 is 5.32 Å². The molecule has 2 atom stereocenters. The lowest BCUT2D eigenvalue weighted by molar-refractivity contribution is -0.131. The van der Waals surface area contributed by atoms with Crippen LogP contribution in [0.4, 0.5) is 10.1 Å². The molecule has 2 amide bonds. The molecule has 1 aliphatic heterocycles. The number of anilines is 1. The van der Waals surface area contributed by atoms with Gasteiger partial charge in [-0.15, -0.1) is 0 Å².